The standard InChI is InChI=1S/C16H14BrClN2O3/c1-3-22-16(21)13-8(2)23-15(20)10(7-19)14(13)9-4-5-11(17)12(18)6-9/h4-6,14H,3,20H2,1-2H3. The molecular formula is C16H14BrClN2O3. The second-order valence-electron chi connectivity index (χ2n) is 4.79. The second-order valence-corrected chi connectivity index (χ2v) is 6.05. The van der Waals surface area contributed by atoms with Gasteiger partial charge in [0.25, 0.3) is 0 Å². The Bertz CT molecular complexity index is 765. The molecule has 1 aliphatic rings. The molecule has 0 bridgehead atoms. The third kappa shape index (κ3) is 3.36. The second kappa shape index (κ2) is 7.07. The molecule has 1 aliphatic heterocycles. The van der Waals surface area contributed by atoms with Crippen molar-refractivity contribution in [1.82, 2.24) is 0 Å². The van der Waals surface area contributed by atoms with E-state index >= 15 is 0 Å². The predicted molar refractivity (Wildman–Crippen MR) is 89.1 cm³/mol. The van der Waals surface area contributed by atoms with E-state index in [2.05, 4.69) is 15.9 Å². The molecule has 120 valence electrons. The van der Waals surface area contributed by atoms with Crippen molar-refractivity contribution in [2.45, 2.75) is 19.8 Å². The number of nitrogens with two attached hydrogens (primary N) is 1. The van der Waals surface area contributed by atoms with Gasteiger partial charge in [-0.05, 0) is 47.5 Å². The molecule has 7 heteroatoms. The molecular weight excluding hydrogens is 384 g/mol. The van der Waals surface area contributed by atoms with Crippen molar-refractivity contribution in [1.29, 1.82) is 5.26 Å². The Morgan fingerprint density at radius 2 is 2.26 bits per heavy atom. The number of hydrogen-bond donors (Lipinski definition) is 1. The summed E-state index contributed by atoms with van der Waals surface area (Å²) in [5.41, 5.74) is 6.87. The van der Waals surface area contributed by atoms with Crippen LogP contribution in [0.4, 0.5) is 0 Å². The summed E-state index contributed by atoms with van der Waals surface area (Å²) >= 11 is 9.46. The number of esters is 1. The van der Waals surface area contributed by atoms with Crippen LogP contribution in [0.1, 0.15) is 25.3 Å². The molecule has 0 aliphatic carbocycles. The van der Waals surface area contributed by atoms with Crippen LogP contribution in [0.5, 0.6) is 0 Å². The lowest BCUT2D eigenvalue weighted by atomic mass is 9.83. The first kappa shape index (κ1) is 17.4. The normalized spacial score (nSPS) is 17.6. The van der Waals surface area contributed by atoms with E-state index in [9.17, 15) is 10.1 Å². The van der Waals surface area contributed by atoms with E-state index in [0.29, 0.717) is 20.8 Å². The average Bonchev–Trinajstić information content (AvgIpc) is 2.49. The molecule has 0 saturated heterocycles. The van der Waals surface area contributed by atoms with Crippen molar-refractivity contribution < 1.29 is 14.3 Å². The molecule has 2 N–H and O–H groups in total. The molecule has 1 heterocycles. The first-order valence-electron chi connectivity index (χ1n) is 6.81. The Morgan fingerprint density at radius 3 is 2.83 bits per heavy atom. The third-order valence-electron chi connectivity index (χ3n) is 3.38. The highest BCUT2D eigenvalue weighted by atomic mass is 79.9. The molecule has 1 aromatic carbocycles. The van der Waals surface area contributed by atoms with Crippen molar-refractivity contribution in [2.75, 3.05) is 6.61 Å². The van der Waals surface area contributed by atoms with Gasteiger partial charge >= 0.3 is 5.97 Å². The highest BCUT2D eigenvalue weighted by molar-refractivity contribution is 9.10. The minimum atomic E-state index is -0.682. The minimum absolute atomic E-state index is 0.0258. The molecule has 0 spiro atoms. The molecule has 2 rings (SSSR count). The van der Waals surface area contributed by atoms with Gasteiger partial charge in [-0.1, -0.05) is 17.7 Å². The zero-order valence-corrected chi connectivity index (χ0v) is 14.9. The Hall–Kier alpha value is -1.97. The quantitative estimate of drug-likeness (QED) is 0.785. The topological polar surface area (TPSA) is 85.3 Å². The summed E-state index contributed by atoms with van der Waals surface area (Å²) in [7, 11) is 0. The highest BCUT2D eigenvalue weighted by Gasteiger charge is 2.36. The zero-order chi connectivity index (χ0) is 17.1. The molecule has 1 unspecified atom stereocenters. The van der Waals surface area contributed by atoms with E-state index in [4.69, 9.17) is 26.8 Å². The van der Waals surface area contributed by atoms with Crippen molar-refractivity contribution in [3.63, 3.8) is 0 Å². The zero-order valence-electron chi connectivity index (χ0n) is 12.5. The maximum Gasteiger partial charge on any atom is 0.338 e. The van der Waals surface area contributed by atoms with Crippen LogP contribution in [-0.2, 0) is 14.3 Å². The first-order chi connectivity index (χ1) is 10.9. The van der Waals surface area contributed by atoms with Crippen LogP contribution in [0, 0.1) is 11.3 Å². The lowest BCUT2D eigenvalue weighted by Crippen LogP contribution is -2.25. The fraction of sp³-hybridized carbons (Fsp3) is 0.250. The number of carbonyl (C=O) groups is 1. The maximum atomic E-state index is 12.3. The lowest BCUT2D eigenvalue weighted by Gasteiger charge is -2.27. The molecule has 0 radical (unpaired) electrons. The molecule has 23 heavy (non-hydrogen) atoms. The average molecular weight is 398 g/mol. The van der Waals surface area contributed by atoms with Crippen molar-refractivity contribution in [3.8, 4) is 6.07 Å². The summed E-state index contributed by atoms with van der Waals surface area (Å²) in [6.07, 6.45) is 0. The number of benzene rings is 1. The number of carbonyl (C=O) groups excluding carboxylic acids is 1. The molecule has 0 fully saturated rings. The van der Waals surface area contributed by atoms with Gasteiger partial charge in [-0.25, -0.2) is 4.79 Å². The lowest BCUT2D eigenvalue weighted by molar-refractivity contribution is -0.139. The van der Waals surface area contributed by atoms with Crippen LogP contribution in [0.2, 0.25) is 5.02 Å². The molecule has 0 aromatic heterocycles. The Balaban J connectivity index is 2.64. The molecule has 1 atom stereocenters. The monoisotopic (exact) mass is 396 g/mol. The fourth-order valence-corrected chi connectivity index (χ4v) is 2.82. The number of nitrogens with zero attached hydrogens (tertiary/aromatic N) is 1. The van der Waals surface area contributed by atoms with Crippen molar-refractivity contribution in [2.24, 2.45) is 5.73 Å². The van der Waals surface area contributed by atoms with Gasteiger partial charge in [0.15, 0.2) is 0 Å². The Kier molecular flexibility index (Phi) is 5.34. The maximum absolute atomic E-state index is 12.3. The van der Waals surface area contributed by atoms with Gasteiger partial charge in [0.1, 0.15) is 17.4 Å². The highest BCUT2D eigenvalue weighted by Crippen LogP contribution is 2.41. The largest absolute Gasteiger partial charge is 0.463 e. The first-order valence-corrected chi connectivity index (χ1v) is 7.98. The van der Waals surface area contributed by atoms with E-state index in [1.165, 1.54) is 0 Å². The van der Waals surface area contributed by atoms with Crippen LogP contribution in [-0.4, -0.2) is 12.6 Å². The number of rotatable bonds is 3. The summed E-state index contributed by atoms with van der Waals surface area (Å²) in [5, 5.41) is 9.91. The molecule has 1 aromatic rings. The number of ether oxygens (including phenoxy) is 2. The summed E-state index contributed by atoms with van der Waals surface area (Å²) in [5.74, 6) is -0.946. The van der Waals surface area contributed by atoms with E-state index in [1.54, 1.807) is 32.0 Å². The molecule has 0 saturated carbocycles. The van der Waals surface area contributed by atoms with Gasteiger partial charge in [-0.15, -0.1) is 0 Å². The van der Waals surface area contributed by atoms with Gasteiger partial charge < -0.3 is 15.2 Å². The minimum Gasteiger partial charge on any atom is -0.463 e. The van der Waals surface area contributed by atoms with E-state index in [1.807, 2.05) is 6.07 Å². The van der Waals surface area contributed by atoms with E-state index in [0.717, 1.165) is 0 Å². The smallest absolute Gasteiger partial charge is 0.338 e. The van der Waals surface area contributed by atoms with Gasteiger partial charge in [-0.3, -0.25) is 0 Å². The number of hydrogen-bond acceptors (Lipinski definition) is 5. The van der Waals surface area contributed by atoms with Gasteiger partial charge in [0.2, 0.25) is 5.88 Å². The van der Waals surface area contributed by atoms with Crippen molar-refractivity contribution >= 4 is 33.5 Å². The summed E-state index contributed by atoms with van der Waals surface area (Å²) in [4.78, 5) is 12.3. The number of nitriles is 1. The van der Waals surface area contributed by atoms with Crippen LogP contribution in [0.25, 0.3) is 0 Å². The number of allylic oxidation sites excluding steroid dienone is 2. The van der Waals surface area contributed by atoms with Crippen LogP contribution in [0.15, 0.2) is 45.5 Å². The van der Waals surface area contributed by atoms with Crippen molar-refractivity contribution in [3.05, 3.63) is 56.0 Å². The van der Waals surface area contributed by atoms with Crippen LogP contribution >= 0.6 is 27.5 Å². The SMILES string of the molecule is CCOC(=O)C1=C(C)OC(N)=C(C#N)C1c1ccc(Br)c(Cl)c1. The summed E-state index contributed by atoms with van der Waals surface area (Å²) < 4.78 is 11.2. The van der Waals surface area contributed by atoms with E-state index in [-0.39, 0.29) is 23.6 Å². The van der Waals surface area contributed by atoms with Gasteiger partial charge in [0, 0.05) is 4.47 Å². The van der Waals surface area contributed by atoms with Gasteiger partial charge in [-0.2, -0.15) is 5.26 Å². The van der Waals surface area contributed by atoms with E-state index < -0.39 is 11.9 Å². The summed E-state index contributed by atoms with van der Waals surface area (Å²) in [6.45, 7) is 3.53. The summed E-state index contributed by atoms with van der Waals surface area (Å²) in [6, 6.07) is 7.21. The van der Waals surface area contributed by atoms with Crippen LogP contribution in [0.3, 0.4) is 0 Å². The Morgan fingerprint density at radius 1 is 1.57 bits per heavy atom. The number of halogens is 2. The van der Waals surface area contributed by atoms with Gasteiger partial charge in [0.05, 0.1) is 23.1 Å². The molecule has 0 amide bonds. The fourth-order valence-electron chi connectivity index (χ4n) is 2.38. The molecule has 5 nitrogen and oxygen atoms in total. The third-order valence-corrected chi connectivity index (χ3v) is 4.61. The van der Waals surface area contributed by atoms with Crippen LogP contribution < -0.4 is 5.73 Å². The predicted octanol–water partition coefficient (Wildman–Crippen LogP) is 3.75. The Labute approximate surface area is 147 Å².